The van der Waals surface area contributed by atoms with Crippen molar-refractivity contribution in [3.05, 3.63) is 78.5 Å². The molecule has 0 bridgehead atoms. The fourth-order valence-electron chi connectivity index (χ4n) is 4.62. The third-order valence-electron chi connectivity index (χ3n) is 6.22. The van der Waals surface area contributed by atoms with Crippen molar-refractivity contribution in [3.63, 3.8) is 0 Å². The summed E-state index contributed by atoms with van der Waals surface area (Å²) in [6.45, 7) is 2.38. The van der Waals surface area contributed by atoms with Crippen LogP contribution in [-0.4, -0.2) is 34.9 Å². The molecule has 1 amide bonds. The number of nitrogens with zero attached hydrogens (tertiary/aromatic N) is 3. The van der Waals surface area contributed by atoms with Crippen LogP contribution in [0.1, 0.15) is 24.8 Å². The number of rotatable bonds is 6. The molecular formula is C26H28N4O. The van der Waals surface area contributed by atoms with Gasteiger partial charge in [0.2, 0.25) is 5.91 Å². The highest BCUT2D eigenvalue weighted by molar-refractivity contribution is 5.85. The van der Waals surface area contributed by atoms with Gasteiger partial charge in [0.1, 0.15) is 0 Å². The molecule has 1 aliphatic heterocycles. The minimum Gasteiger partial charge on any atom is -0.356 e. The summed E-state index contributed by atoms with van der Waals surface area (Å²) in [7, 11) is 0. The molecule has 1 atom stereocenters. The molecule has 5 nitrogen and oxygen atoms in total. The highest BCUT2D eigenvalue weighted by Gasteiger charge is 2.27. The molecule has 2 aromatic heterocycles. The van der Waals surface area contributed by atoms with Crippen molar-refractivity contribution in [1.29, 1.82) is 0 Å². The first-order chi connectivity index (χ1) is 15.3. The smallest absolute Gasteiger partial charge is 0.224 e. The normalized spacial score (nSPS) is 16.6. The highest BCUT2D eigenvalue weighted by Crippen LogP contribution is 2.29. The standard InChI is InChI=1S/C26H28N4O/c31-26(27-16-6-11-20-9-2-1-3-10-20)21-12-7-17-29(19-21)25-24-15-8-18-30(24)23-14-5-4-13-22(23)28-25/h1-5,8-10,13-15,18,21H,6-7,11-12,16-17,19H2,(H,27,31)/t21-/m1/s1. The molecule has 31 heavy (non-hydrogen) atoms. The number of benzene rings is 2. The lowest BCUT2D eigenvalue weighted by Crippen LogP contribution is -2.43. The maximum Gasteiger partial charge on any atom is 0.224 e. The monoisotopic (exact) mass is 412 g/mol. The second kappa shape index (κ2) is 8.80. The van der Waals surface area contributed by atoms with Crippen LogP contribution in [0.3, 0.4) is 0 Å². The molecule has 1 N–H and O–H groups in total. The maximum absolute atomic E-state index is 12.8. The fraction of sp³-hybridized carbons (Fsp3) is 0.308. The number of fused-ring (bicyclic) bond motifs is 3. The lowest BCUT2D eigenvalue weighted by molar-refractivity contribution is -0.125. The van der Waals surface area contributed by atoms with Crippen molar-refractivity contribution in [2.75, 3.05) is 24.5 Å². The van der Waals surface area contributed by atoms with Gasteiger partial charge in [-0.15, -0.1) is 0 Å². The van der Waals surface area contributed by atoms with E-state index in [9.17, 15) is 4.79 Å². The second-order valence-electron chi connectivity index (χ2n) is 8.35. The Kier molecular flexibility index (Phi) is 5.57. The van der Waals surface area contributed by atoms with E-state index >= 15 is 0 Å². The molecule has 0 saturated carbocycles. The predicted octanol–water partition coefficient (Wildman–Crippen LogP) is 4.45. The minimum absolute atomic E-state index is 0.00811. The first-order valence-corrected chi connectivity index (χ1v) is 11.2. The van der Waals surface area contributed by atoms with Gasteiger partial charge in [-0.05, 0) is 55.5 Å². The van der Waals surface area contributed by atoms with Gasteiger partial charge < -0.3 is 14.6 Å². The zero-order valence-electron chi connectivity index (χ0n) is 17.7. The number of anilines is 1. The SMILES string of the molecule is O=C(NCCCc1ccccc1)[C@@H]1CCCN(c2nc3ccccc3n3cccc23)C1. The Labute approximate surface area is 182 Å². The van der Waals surface area contributed by atoms with Crippen LogP contribution >= 0.6 is 0 Å². The van der Waals surface area contributed by atoms with E-state index in [4.69, 9.17) is 4.98 Å². The van der Waals surface area contributed by atoms with Crippen LogP contribution in [0.15, 0.2) is 72.9 Å². The topological polar surface area (TPSA) is 49.6 Å². The van der Waals surface area contributed by atoms with Gasteiger partial charge in [-0.3, -0.25) is 4.79 Å². The summed E-state index contributed by atoms with van der Waals surface area (Å²) in [6, 6.07) is 22.8. The molecule has 1 fully saturated rings. The Balaban J connectivity index is 1.26. The Bertz CT molecular complexity index is 1180. The van der Waals surface area contributed by atoms with Crippen LogP contribution in [0.5, 0.6) is 0 Å². The van der Waals surface area contributed by atoms with Gasteiger partial charge in [-0.2, -0.15) is 0 Å². The van der Waals surface area contributed by atoms with Gasteiger partial charge in [-0.25, -0.2) is 4.98 Å². The molecule has 0 unspecified atom stereocenters. The van der Waals surface area contributed by atoms with Crippen molar-refractivity contribution >= 4 is 28.3 Å². The van der Waals surface area contributed by atoms with E-state index < -0.39 is 0 Å². The van der Waals surface area contributed by atoms with Crippen molar-refractivity contribution in [2.24, 2.45) is 5.92 Å². The van der Waals surface area contributed by atoms with E-state index in [-0.39, 0.29) is 11.8 Å². The van der Waals surface area contributed by atoms with E-state index in [0.717, 1.165) is 67.7 Å². The molecule has 0 radical (unpaired) electrons. The maximum atomic E-state index is 12.8. The van der Waals surface area contributed by atoms with Crippen molar-refractivity contribution in [3.8, 4) is 0 Å². The number of nitrogens with one attached hydrogen (secondary N) is 1. The molecule has 5 rings (SSSR count). The molecule has 4 aromatic rings. The van der Waals surface area contributed by atoms with Gasteiger partial charge in [-0.1, -0.05) is 42.5 Å². The average Bonchev–Trinajstić information content (AvgIpc) is 3.32. The summed E-state index contributed by atoms with van der Waals surface area (Å²) in [5, 5.41) is 3.17. The van der Waals surface area contributed by atoms with Crippen molar-refractivity contribution in [2.45, 2.75) is 25.7 Å². The molecule has 0 aliphatic carbocycles. The first-order valence-electron chi connectivity index (χ1n) is 11.2. The van der Waals surface area contributed by atoms with E-state index in [2.05, 4.69) is 69.3 Å². The third kappa shape index (κ3) is 4.13. The molecule has 3 heterocycles. The van der Waals surface area contributed by atoms with Crippen LogP contribution in [-0.2, 0) is 11.2 Å². The summed E-state index contributed by atoms with van der Waals surface area (Å²) in [5.41, 5.74) is 4.51. The summed E-state index contributed by atoms with van der Waals surface area (Å²) >= 11 is 0. The molecule has 158 valence electrons. The minimum atomic E-state index is 0.00811. The molecular weight excluding hydrogens is 384 g/mol. The lowest BCUT2D eigenvalue weighted by Gasteiger charge is -2.33. The fourth-order valence-corrected chi connectivity index (χ4v) is 4.62. The van der Waals surface area contributed by atoms with Gasteiger partial charge in [0.15, 0.2) is 5.82 Å². The zero-order chi connectivity index (χ0) is 21.0. The van der Waals surface area contributed by atoms with Crippen LogP contribution in [0.4, 0.5) is 5.82 Å². The van der Waals surface area contributed by atoms with Crippen LogP contribution in [0.2, 0.25) is 0 Å². The molecule has 0 spiro atoms. The zero-order valence-corrected chi connectivity index (χ0v) is 17.7. The quantitative estimate of drug-likeness (QED) is 0.476. The molecule has 5 heteroatoms. The Morgan fingerprint density at radius 2 is 1.81 bits per heavy atom. The lowest BCUT2D eigenvalue weighted by atomic mass is 9.97. The van der Waals surface area contributed by atoms with E-state index in [1.165, 1.54) is 5.56 Å². The molecule has 1 aliphatic rings. The van der Waals surface area contributed by atoms with E-state index in [1.54, 1.807) is 0 Å². The van der Waals surface area contributed by atoms with Crippen molar-refractivity contribution < 1.29 is 4.79 Å². The number of aryl methyl sites for hydroxylation is 1. The number of carbonyl (C=O) groups excluding carboxylic acids is 1. The second-order valence-corrected chi connectivity index (χ2v) is 8.35. The van der Waals surface area contributed by atoms with E-state index in [0.29, 0.717) is 0 Å². The number of hydrogen-bond acceptors (Lipinski definition) is 3. The Morgan fingerprint density at radius 1 is 1.00 bits per heavy atom. The molecule has 1 saturated heterocycles. The number of amides is 1. The van der Waals surface area contributed by atoms with Crippen LogP contribution < -0.4 is 10.2 Å². The van der Waals surface area contributed by atoms with Crippen molar-refractivity contribution in [1.82, 2.24) is 14.7 Å². The number of hydrogen-bond donors (Lipinski definition) is 1. The highest BCUT2D eigenvalue weighted by atomic mass is 16.1. The summed E-state index contributed by atoms with van der Waals surface area (Å²) < 4.78 is 2.20. The van der Waals surface area contributed by atoms with Crippen LogP contribution in [0.25, 0.3) is 16.6 Å². The molecule has 2 aromatic carbocycles. The third-order valence-corrected chi connectivity index (χ3v) is 6.22. The predicted molar refractivity (Wildman–Crippen MR) is 125 cm³/mol. The Hall–Kier alpha value is -3.34. The van der Waals surface area contributed by atoms with Crippen LogP contribution in [0, 0.1) is 5.92 Å². The van der Waals surface area contributed by atoms with Gasteiger partial charge in [0.25, 0.3) is 0 Å². The first kappa shape index (κ1) is 19.6. The largest absolute Gasteiger partial charge is 0.356 e. The van der Waals surface area contributed by atoms with Gasteiger partial charge in [0, 0.05) is 25.8 Å². The number of carbonyl (C=O) groups is 1. The summed E-state index contributed by atoms with van der Waals surface area (Å²) in [5.74, 6) is 1.16. The van der Waals surface area contributed by atoms with Gasteiger partial charge in [0.05, 0.1) is 22.5 Å². The number of aromatic nitrogens is 2. The Morgan fingerprint density at radius 3 is 2.71 bits per heavy atom. The number of para-hydroxylation sites is 2. The number of piperidine rings is 1. The van der Waals surface area contributed by atoms with E-state index in [1.807, 2.05) is 18.2 Å². The summed E-state index contributed by atoms with van der Waals surface area (Å²) in [6.07, 6.45) is 5.98. The van der Waals surface area contributed by atoms with Gasteiger partial charge >= 0.3 is 0 Å². The average molecular weight is 413 g/mol. The summed E-state index contributed by atoms with van der Waals surface area (Å²) in [4.78, 5) is 20.1.